The van der Waals surface area contributed by atoms with E-state index in [9.17, 15) is 4.79 Å². The molecule has 0 amide bonds. The van der Waals surface area contributed by atoms with E-state index in [1.807, 2.05) is 53.2 Å². The molecule has 2 unspecified atom stereocenters. The number of carbonyl (C=O) groups is 1. The first-order valence-corrected chi connectivity index (χ1v) is 9.89. The van der Waals surface area contributed by atoms with Gasteiger partial charge in [0.05, 0.1) is 36.1 Å². The van der Waals surface area contributed by atoms with Crippen LogP contribution in [-0.2, 0) is 4.74 Å². The number of hydrogen-bond donors (Lipinski definition) is 1. The highest BCUT2D eigenvalue weighted by atomic mass is 32.1. The summed E-state index contributed by atoms with van der Waals surface area (Å²) < 4.78 is 7.02. The van der Waals surface area contributed by atoms with E-state index in [1.54, 1.807) is 12.3 Å². The standard InChI is InChI=1S/C22H22N4O2S/c1-3-25-20(19(24-22(25)29)16-10-6-7-13-23-16)18-12-8-14-26(18)17-11-5-4-9-15(17)21(27)28-2/h4-14,19-20H,3H2,1-2H3,(H,24,29). The average molecular weight is 407 g/mol. The van der Waals surface area contributed by atoms with Crippen LogP contribution in [0.25, 0.3) is 5.69 Å². The second kappa shape index (κ2) is 8.05. The van der Waals surface area contributed by atoms with E-state index in [-0.39, 0.29) is 18.1 Å². The quantitative estimate of drug-likeness (QED) is 0.516. The Bertz CT molecular complexity index is 1030. The Balaban J connectivity index is 1.84. The van der Waals surface area contributed by atoms with E-state index in [0.29, 0.717) is 10.7 Å². The molecule has 1 fully saturated rings. The van der Waals surface area contributed by atoms with Crippen LogP contribution in [0, 0.1) is 0 Å². The maximum atomic E-state index is 12.3. The normalized spacial score (nSPS) is 18.6. The van der Waals surface area contributed by atoms with Crippen molar-refractivity contribution in [1.29, 1.82) is 0 Å². The van der Waals surface area contributed by atoms with Gasteiger partial charge < -0.3 is 19.5 Å². The summed E-state index contributed by atoms with van der Waals surface area (Å²) in [6, 6.07) is 17.2. The van der Waals surface area contributed by atoms with Crippen molar-refractivity contribution in [3.8, 4) is 5.69 Å². The molecule has 0 saturated carbocycles. The average Bonchev–Trinajstić information content (AvgIpc) is 3.37. The second-order valence-electron chi connectivity index (χ2n) is 6.72. The number of aromatic nitrogens is 2. The summed E-state index contributed by atoms with van der Waals surface area (Å²) in [4.78, 5) is 19.0. The van der Waals surface area contributed by atoms with Gasteiger partial charge in [-0.1, -0.05) is 18.2 Å². The first-order valence-electron chi connectivity index (χ1n) is 9.48. The molecule has 7 heteroatoms. The van der Waals surface area contributed by atoms with Gasteiger partial charge in [0.15, 0.2) is 5.11 Å². The van der Waals surface area contributed by atoms with Gasteiger partial charge in [0.1, 0.15) is 0 Å². The Morgan fingerprint density at radius 1 is 1.17 bits per heavy atom. The number of nitrogens with zero attached hydrogens (tertiary/aromatic N) is 3. The summed E-state index contributed by atoms with van der Waals surface area (Å²) in [6.07, 6.45) is 3.75. The molecule has 3 heterocycles. The van der Waals surface area contributed by atoms with Gasteiger partial charge in [-0.25, -0.2) is 4.79 Å². The van der Waals surface area contributed by atoms with Crippen molar-refractivity contribution in [2.75, 3.05) is 13.7 Å². The number of pyridine rings is 1. The van der Waals surface area contributed by atoms with E-state index < -0.39 is 0 Å². The number of hydrogen-bond acceptors (Lipinski definition) is 4. The highest BCUT2D eigenvalue weighted by molar-refractivity contribution is 7.80. The van der Waals surface area contributed by atoms with Crippen LogP contribution in [0.3, 0.4) is 0 Å². The number of nitrogens with one attached hydrogen (secondary N) is 1. The lowest BCUT2D eigenvalue weighted by Gasteiger charge is -2.28. The highest BCUT2D eigenvalue weighted by Crippen LogP contribution is 2.39. The van der Waals surface area contributed by atoms with Gasteiger partial charge in [0.25, 0.3) is 0 Å². The van der Waals surface area contributed by atoms with Crippen LogP contribution in [0.4, 0.5) is 0 Å². The zero-order valence-corrected chi connectivity index (χ0v) is 17.1. The van der Waals surface area contributed by atoms with Crippen LogP contribution in [0.15, 0.2) is 67.0 Å². The molecule has 1 aliphatic rings. The van der Waals surface area contributed by atoms with Crippen molar-refractivity contribution in [2.24, 2.45) is 0 Å². The third-order valence-corrected chi connectivity index (χ3v) is 5.54. The molecule has 6 nitrogen and oxygen atoms in total. The smallest absolute Gasteiger partial charge is 0.339 e. The summed E-state index contributed by atoms with van der Waals surface area (Å²) in [7, 11) is 1.39. The molecule has 4 rings (SSSR count). The predicted molar refractivity (Wildman–Crippen MR) is 115 cm³/mol. The first-order chi connectivity index (χ1) is 14.2. The Labute approximate surface area is 175 Å². The van der Waals surface area contributed by atoms with Gasteiger partial charge >= 0.3 is 5.97 Å². The summed E-state index contributed by atoms with van der Waals surface area (Å²) in [5.74, 6) is -0.367. The molecule has 1 aliphatic heterocycles. The predicted octanol–water partition coefficient (Wildman–Crippen LogP) is 3.65. The summed E-state index contributed by atoms with van der Waals surface area (Å²) in [6.45, 7) is 2.83. The Morgan fingerprint density at radius 2 is 1.97 bits per heavy atom. The summed E-state index contributed by atoms with van der Waals surface area (Å²) in [5.41, 5.74) is 3.22. The maximum absolute atomic E-state index is 12.3. The molecule has 0 spiro atoms. The molecular formula is C22H22N4O2S. The van der Waals surface area contributed by atoms with E-state index >= 15 is 0 Å². The minimum atomic E-state index is -0.367. The fourth-order valence-corrected chi connectivity index (χ4v) is 4.26. The number of ether oxygens (including phenoxy) is 1. The fourth-order valence-electron chi connectivity index (χ4n) is 3.89. The number of methoxy groups -OCH3 is 1. The lowest BCUT2D eigenvalue weighted by Crippen LogP contribution is -2.30. The second-order valence-corrected chi connectivity index (χ2v) is 7.11. The zero-order valence-electron chi connectivity index (χ0n) is 16.3. The minimum absolute atomic E-state index is 0.0666. The largest absolute Gasteiger partial charge is 0.465 e. The fraction of sp³-hybridized carbons (Fsp3) is 0.227. The van der Waals surface area contributed by atoms with Crippen LogP contribution < -0.4 is 5.32 Å². The number of para-hydroxylation sites is 1. The van der Waals surface area contributed by atoms with Crippen molar-refractivity contribution >= 4 is 23.3 Å². The van der Waals surface area contributed by atoms with Crippen LogP contribution in [0.2, 0.25) is 0 Å². The number of likely N-dealkylation sites (N-methyl/N-ethyl adjacent to an activating group) is 1. The van der Waals surface area contributed by atoms with Gasteiger partial charge in [-0.05, 0) is 55.5 Å². The van der Waals surface area contributed by atoms with Gasteiger partial charge in [0.2, 0.25) is 0 Å². The van der Waals surface area contributed by atoms with Crippen LogP contribution in [0.5, 0.6) is 0 Å². The number of rotatable bonds is 5. The van der Waals surface area contributed by atoms with Crippen molar-refractivity contribution in [1.82, 2.24) is 19.8 Å². The Kier molecular flexibility index (Phi) is 5.31. The molecule has 148 valence electrons. The highest BCUT2D eigenvalue weighted by Gasteiger charge is 2.40. The van der Waals surface area contributed by atoms with E-state index in [1.165, 1.54) is 7.11 Å². The lowest BCUT2D eigenvalue weighted by molar-refractivity contribution is 0.0600. The Morgan fingerprint density at radius 3 is 2.69 bits per heavy atom. The lowest BCUT2D eigenvalue weighted by atomic mass is 10.0. The number of thiocarbonyl (C=S) groups is 1. The van der Waals surface area contributed by atoms with E-state index in [4.69, 9.17) is 17.0 Å². The van der Waals surface area contributed by atoms with Gasteiger partial charge in [-0.2, -0.15) is 0 Å². The van der Waals surface area contributed by atoms with Crippen molar-refractivity contribution in [3.05, 3.63) is 83.9 Å². The molecule has 3 aromatic rings. The van der Waals surface area contributed by atoms with Gasteiger partial charge in [0, 0.05) is 24.6 Å². The molecule has 0 radical (unpaired) electrons. The molecular weight excluding hydrogens is 384 g/mol. The van der Waals surface area contributed by atoms with Crippen molar-refractivity contribution in [3.63, 3.8) is 0 Å². The van der Waals surface area contributed by atoms with E-state index in [2.05, 4.69) is 28.2 Å². The number of esters is 1. The molecule has 2 aromatic heterocycles. The van der Waals surface area contributed by atoms with Crippen molar-refractivity contribution < 1.29 is 9.53 Å². The summed E-state index contributed by atoms with van der Waals surface area (Å²) >= 11 is 5.62. The number of carbonyl (C=O) groups excluding carboxylic acids is 1. The molecule has 2 atom stereocenters. The van der Waals surface area contributed by atoms with Crippen molar-refractivity contribution in [2.45, 2.75) is 19.0 Å². The SMILES string of the molecule is CCN1C(=S)NC(c2ccccn2)C1c1cccn1-c1ccccc1C(=O)OC. The van der Waals surface area contributed by atoms with Gasteiger partial charge in [-0.15, -0.1) is 0 Å². The third kappa shape index (κ3) is 3.38. The maximum Gasteiger partial charge on any atom is 0.339 e. The monoisotopic (exact) mass is 406 g/mol. The topological polar surface area (TPSA) is 59.4 Å². The summed E-state index contributed by atoms with van der Waals surface area (Å²) in [5, 5.41) is 4.12. The van der Waals surface area contributed by atoms with E-state index in [0.717, 1.165) is 23.6 Å². The Hall–Kier alpha value is -3.19. The molecule has 29 heavy (non-hydrogen) atoms. The molecule has 1 saturated heterocycles. The van der Waals surface area contributed by atoms with Crippen LogP contribution in [0.1, 0.15) is 40.8 Å². The van der Waals surface area contributed by atoms with Crippen LogP contribution in [-0.4, -0.2) is 39.2 Å². The molecule has 0 bridgehead atoms. The van der Waals surface area contributed by atoms with Crippen LogP contribution >= 0.6 is 12.2 Å². The molecule has 1 N–H and O–H groups in total. The molecule has 1 aromatic carbocycles. The zero-order chi connectivity index (χ0) is 20.4. The third-order valence-electron chi connectivity index (χ3n) is 5.19. The number of benzene rings is 1. The first kappa shape index (κ1) is 19.1. The van der Waals surface area contributed by atoms with Gasteiger partial charge in [-0.3, -0.25) is 4.98 Å². The minimum Gasteiger partial charge on any atom is -0.465 e. The molecule has 0 aliphatic carbocycles.